The minimum atomic E-state index is -4.64. The number of alkyl halides is 3. The van der Waals surface area contributed by atoms with Crippen LogP contribution in [0.5, 0.6) is 5.75 Å². The van der Waals surface area contributed by atoms with Gasteiger partial charge in [0.15, 0.2) is 0 Å². The van der Waals surface area contributed by atoms with E-state index in [2.05, 4.69) is 0 Å². The Balaban J connectivity index is 3.57. The van der Waals surface area contributed by atoms with Crippen LogP contribution in [0.25, 0.3) is 0 Å². The number of nitrogens with two attached hydrogens (primary N) is 1. The lowest BCUT2D eigenvalue weighted by Crippen LogP contribution is -2.20. The van der Waals surface area contributed by atoms with E-state index in [1.54, 1.807) is 22.6 Å². The molecule has 0 radical (unpaired) electrons. The van der Waals surface area contributed by atoms with Gasteiger partial charge >= 0.3 is 6.18 Å². The van der Waals surface area contributed by atoms with Crippen LogP contribution < -0.4 is 10.5 Å². The molecular weight excluding hydrogens is 338 g/mol. The molecule has 0 saturated carbocycles. The topological polar surface area (TPSA) is 52.3 Å². The summed E-state index contributed by atoms with van der Waals surface area (Å²) in [4.78, 5) is 11.0. The number of amides is 1. The van der Waals surface area contributed by atoms with E-state index in [9.17, 15) is 18.0 Å². The van der Waals surface area contributed by atoms with Gasteiger partial charge in [-0.15, -0.1) is 0 Å². The number of hydrogen-bond acceptors (Lipinski definition) is 2. The van der Waals surface area contributed by atoms with Crippen LogP contribution in [0.2, 0.25) is 0 Å². The van der Waals surface area contributed by atoms with Gasteiger partial charge in [0.05, 0.1) is 18.2 Å². The van der Waals surface area contributed by atoms with Crippen molar-refractivity contribution in [3.63, 3.8) is 0 Å². The van der Waals surface area contributed by atoms with E-state index in [4.69, 9.17) is 10.5 Å². The van der Waals surface area contributed by atoms with Gasteiger partial charge in [-0.1, -0.05) is 0 Å². The summed E-state index contributed by atoms with van der Waals surface area (Å²) in [6.07, 6.45) is -4.64. The molecule has 16 heavy (non-hydrogen) atoms. The Bertz CT molecular complexity index is 431. The minimum Gasteiger partial charge on any atom is -0.496 e. The van der Waals surface area contributed by atoms with Crippen molar-refractivity contribution in [2.45, 2.75) is 6.18 Å². The van der Waals surface area contributed by atoms with Gasteiger partial charge in [-0.3, -0.25) is 4.79 Å². The Morgan fingerprint density at radius 2 is 2.00 bits per heavy atom. The highest BCUT2D eigenvalue weighted by atomic mass is 127. The molecule has 2 N–H and O–H groups in total. The van der Waals surface area contributed by atoms with Crippen molar-refractivity contribution in [2.24, 2.45) is 5.73 Å². The number of carbonyl (C=O) groups is 1. The van der Waals surface area contributed by atoms with Gasteiger partial charge in [-0.05, 0) is 34.7 Å². The third kappa shape index (κ3) is 2.57. The Morgan fingerprint density at radius 1 is 1.44 bits per heavy atom. The number of carbonyl (C=O) groups excluding carboxylic acids is 1. The van der Waals surface area contributed by atoms with Gasteiger partial charge in [0.1, 0.15) is 5.75 Å². The molecule has 0 aliphatic heterocycles. The molecule has 0 fully saturated rings. The van der Waals surface area contributed by atoms with Crippen LogP contribution in [0.1, 0.15) is 15.9 Å². The molecule has 0 spiro atoms. The zero-order valence-corrected chi connectivity index (χ0v) is 10.2. The lowest BCUT2D eigenvalue weighted by atomic mass is 10.1. The largest absolute Gasteiger partial charge is 0.496 e. The predicted molar refractivity (Wildman–Crippen MR) is 59.2 cm³/mol. The van der Waals surface area contributed by atoms with E-state index in [-0.39, 0.29) is 5.75 Å². The molecule has 0 unspecified atom stereocenters. The Kier molecular flexibility index (Phi) is 3.66. The Morgan fingerprint density at radius 3 is 2.38 bits per heavy atom. The molecule has 0 saturated heterocycles. The van der Waals surface area contributed by atoms with Crippen LogP contribution in [0.4, 0.5) is 13.2 Å². The number of primary amides is 1. The van der Waals surface area contributed by atoms with E-state index < -0.39 is 23.2 Å². The second-order valence-electron chi connectivity index (χ2n) is 2.89. The van der Waals surface area contributed by atoms with Crippen molar-refractivity contribution in [2.75, 3.05) is 7.11 Å². The van der Waals surface area contributed by atoms with Gasteiger partial charge in [0.2, 0.25) is 0 Å². The molecule has 1 rings (SSSR count). The van der Waals surface area contributed by atoms with Crippen molar-refractivity contribution in [1.29, 1.82) is 0 Å². The van der Waals surface area contributed by atoms with E-state index in [0.29, 0.717) is 3.57 Å². The van der Waals surface area contributed by atoms with E-state index in [1.807, 2.05) is 0 Å². The van der Waals surface area contributed by atoms with Crippen molar-refractivity contribution < 1.29 is 22.7 Å². The maximum absolute atomic E-state index is 12.6. The Hall–Kier alpha value is -0.990. The van der Waals surface area contributed by atoms with Gasteiger partial charge in [-0.2, -0.15) is 13.2 Å². The third-order valence-corrected chi connectivity index (χ3v) is 2.46. The molecular formula is C9H7F3INO2. The molecule has 0 aliphatic rings. The van der Waals surface area contributed by atoms with Gasteiger partial charge in [0, 0.05) is 3.57 Å². The second-order valence-corrected chi connectivity index (χ2v) is 4.14. The number of benzene rings is 1. The second kappa shape index (κ2) is 4.48. The molecule has 1 amide bonds. The summed E-state index contributed by atoms with van der Waals surface area (Å²) >= 11 is 1.70. The van der Waals surface area contributed by atoms with Crippen molar-refractivity contribution in [3.05, 3.63) is 26.8 Å². The smallest absolute Gasteiger partial charge is 0.417 e. The quantitative estimate of drug-likeness (QED) is 0.837. The fourth-order valence-electron chi connectivity index (χ4n) is 1.22. The fourth-order valence-corrected chi connectivity index (χ4v) is 1.81. The van der Waals surface area contributed by atoms with Crippen molar-refractivity contribution in [3.8, 4) is 5.75 Å². The molecule has 0 aliphatic carbocycles. The molecule has 7 heteroatoms. The van der Waals surface area contributed by atoms with Gasteiger partial charge in [0.25, 0.3) is 5.91 Å². The summed E-state index contributed by atoms with van der Waals surface area (Å²) in [5.74, 6) is -1.34. The number of rotatable bonds is 2. The monoisotopic (exact) mass is 345 g/mol. The first kappa shape index (κ1) is 13.1. The van der Waals surface area contributed by atoms with E-state index in [1.165, 1.54) is 13.2 Å². The van der Waals surface area contributed by atoms with E-state index in [0.717, 1.165) is 6.07 Å². The number of halogens is 4. The normalized spacial score (nSPS) is 11.3. The lowest BCUT2D eigenvalue weighted by Gasteiger charge is -2.14. The third-order valence-electron chi connectivity index (χ3n) is 1.84. The molecule has 3 nitrogen and oxygen atoms in total. The number of hydrogen-bond donors (Lipinski definition) is 1. The van der Waals surface area contributed by atoms with Crippen LogP contribution in [0.15, 0.2) is 12.1 Å². The maximum Gasteiger partial charge on any atom is 0.417 e. The van der Waals surface area contributed by atoms with Crippen LogP contribution in [0, 0.1) is 3.57 Å². The molecule has 0 aromatic heterocycles. The van der Waals surface area contributed by atoms with E-state index >= 15 is 0 Å². The van der Waals surface area contributed by atoms with Crippen LogP contribution in [0.3, 0.4) is 0 Å². The van der Waals surface area contributed by atoms with Gasteiger partial charge in [-0.25, -0.2) is 0 Å². The first-order valence-electron chi connectivity index (χ1n) is 4.02. The number of methoxy groups -OCH3 is 1. The zero-order valence-electron chi connectivity index (χ0n) is 8.06. The van der Waals surface area contributed by atoms with Crippen LogP contribution in [-0.2, 0) is 6.18 Å². The fraction of sp³-hybridized carbons (Fsp3) is 0.222. The maximum atomic E-state index is 12.6. The lowest BCUT2D eigenvalue weighted by molar-refractivity contribution is -0.138. The summed E-state index contributed by atoms with van der Waals surface area (Å²) in [5, 5.41) is 0. The number of ether oxygens (including phenoxy) is 1. The standard InChI is InChI=1S/C9H7F3INO2/c1-16-6-3-4(13)2-5(9(10,11)12)7(6)8(14)15/h2-3H,1H3,(H2,14,15). The molecule has 0 heterocycles. The molecule has 0 atom stereocenters. The summed E-state index contributed by atoms with van der Waals surface area (Å²) in [7, 11) is 1.18. The highest BCUT2D eigenvalue weighted by molar-refractivity contribution is 14.1. The van der Waals surface area contributed by atoms with Crippen molar-refractivity contribution in [1.82, 2.24) is 0 Å². The molecule has 88 valence electrons. The minimum absolute atomic E-state index is 0.174. The zero-order chi connectivity index (χ0) is 12.5. The van der Waals surface area contributed by atoms with Crippen molar-refractivity contribution >= 4 is 28.5 Å². The summed E-state index contributed by atoms with van der Waals surface area (Å²) in [5.41, 5.74) is 3.19. The average molecular weight is 345 g/mol. The average Bonchev–Trinajstić information content (AvgIpc) is 2.14. The van der Waals surface area contributed by atoms with Crippen LogP contribution >= 0.6 is 22.6 Å². The highest BCUT2D eigenvalue weighted by Crippen LogP contribution is 2.37. The first-order valence-corrected chi connectivity index (χ1v) is 5.09. The predicted octanol–water partition coefficient (Wildman–Crippen LogP) is 2.42. The van der Waals surface area contributed by atoms with Crippen LogP contribution in [-0.4, -0.2) is 13.0 Å². The summed E-state index contributed by atoms with van der Waals surface area (Å²) in [6.45, 7) is 0. The SMILES string of the molecule is COc1cc(I)cc(C(F)(F)F)c1C(N)=O. The highest BCUT2D eigenvalue weighted by Gasteiger charge is 2.37. The molecule has 1 aromatic rings. The molecule has 1 aromatic carbocycles. The summed E-state index contributed by atoms with van der Waals surface area (Å²) < 4.78 is 42.9. The summed E-state index contributed by atoms with van der Waals surface area (Å²) in [6, 6.07) is 2.17. The first-order chi connectivity index (χ1) is 7.27. The molecule has 0 bridgehead atoms. The van der Waals surface area contributed by atoms with Gasteiger partial charge < -0.3 is 10.5 Å². The Labute approximate surface area is 103 Å².